The highest BCUT2D eigenvalue weighted by molar-refractivity contribution is 5.98. The van der Waals surface area contributed by atoms with E-state index in [2.05, 4.69) is 27.0 Å². The Bertz CT molecular complexity index is 488. The summed E-state index contributed by atoms with van der Waals surface area (Å²) in [6, 6.07) is 3.46. The third-order valence-corrected chi connectivity index (χ3v) is 1.85. The van der Waals surface area contributed by atoms with Gasteiger partial charge in [0, 0.05) is 0 Å². The largest absolute Gasteiger partial charge is 0.321 e. The first-order valence-electron chi connectivity index (χ1n) is 4.54. The number of amides is 1. The first-order valence-corrected chi connectivity index (χ1v) is 4.54. The molecule has 0 radical (unpaired) electrons. The van der Waals surface area contributed by atoms with Crippen molar-refractivity contribution in [1.82, 2.24) is 19.7 Å². The maximum Gasteiger partial charge on any atom is 0.247 e. The van der Waals surface area contributed by atoms with Gasteiger partial charge in [0.05, 0.1) is 11.9 Å². The maximum atomic E-state index is 11.0. The van der Waals surface area contributed by atoms with Crippen molar-refractivity contribution in [1.29, 1.82) is 0 Å². The first-order chi connectivity index (χ1) is 7.79. The van der Waals surface area contributed by atoms with Crippen molar-refractivity contribution in [2.75, 3.05) is 5.32 Å². The van der Waals surface area contributed by atoms with Gasteiger partial charge >= 0.3 is 0 Å². The van der Waals surface area contributed by atoms with Gasteiger partial charge in [-0.05, 0) is 18.2 Å². The number of pyridine rings is 1. The van der Waals surface area contributed by atoms with Gasteiger partial charge in [0.25, 0.3) is 0 Å². The highest BCUT2D eigenvalue weighted by atomic mass is 16.1. The Morgan fingerprint density at radius 3 is 2.94 bits per heavy atom. The number of hydrogen-bond acceptors (Lipinski definition) is 4. The van der Waals surface area contributed by atoms with Crippen LogP contribution < -0.4 is 5.32 Å². The van der Waals surface area contributed by atoms with E-state index in [0.717, 1.165) is 0 Å². The van der Waals surface area contributed by atoms with E-state index in [9.17, 15) is 4.79 Å². The minimum Gasteiger partial charge on any atom is -0.321 e. The molecule has 0 unspecified atom stereocenters. The number of anilines is 1. The Hall–Kier alpha value is -2.50. The van der Waals surface area contributed by atoms with Crippen LogP contribution in [-0.4, -0.2) is 25.7 Å². The van der Waals surface area contributed by atoms with Crippen LogP contribution in [0.1, 0.15) is 0 Å². The third kappa shape index (κ3) is 2.11. The van der Waals surface area contributed by atoms with Gasteiger partial charge < -0.3 is 5.32 Å². The molecule has 2 heterocycles. The van der Waals surface area contributed by atoms with E-state index < -0.39 is 0 Å². The summed E-state index contributed by atoms with van der Waals surface area (Å²) in [4.78, 5) is 18.9. The number of carbonyl (C=O) groups excluding carboxylic acids is 1. The molecule has 6 nitrogen and oxygen atoms in total. The number of hydrogen-bond donors (Lipinski definition) is 1. The summed E-state index contributed by atoms with van der Waals surface area (Å²) in [6.45, 7) is 3.36. The second kappa shape index (κ2) is 4.35. The number of aromatic nitrogens is 4. The van der Waals surface area contributed by atoms with E-state index in [1.165, 1.54) is 17.1 Å². The highest BCUT2D eigenvalue weighted by Crippen LogP contribution is 2.08. The van der Waals surface area contributed by atoms with Gasteiger partial charge in [0.15, 0.2) is 5.82 Å². The zero-order chi connectivity index (χ0) is 11.4. The molecule has 1 amide bonds. The molecule has 0 aliphatic carbocycles. The zero-order valence-electron chi connectivity index (χ0n) is 8.37. The molecule has 0 aromatic carbocycles. The average molecular weight is 215 g/mol. The Labute approximate surface area is 91.7 Å². The quantitative estimate of drug-likeness (QED) is 0.768. The zero-order valence-corrected chi connectivity index (χ0v) is 8.37. The summed E-state index contributed by atoms with van der Waals surface area (Å²) in [5, 5.41) is 6.53. The molecule has 16 heavy (non-hydrogen) atoms. The van der Waals surface area contributed by atoms with Crippen LogP contribution in [0.2, 0.25) is 0 Å². The number of rotatable bonds is 3. The van der Waals surface area contributed by atoms with Crippen molar-refractivity contribution < 1.29 is 4.79 Å². The lowest BCUT2D eigenvalue weighted by molar-refractivity contribution is -0.111. The van der Waals surface area contributed by atoms with Gasteiger partial charge in [-0.1, -0.05) is 6.58 Å². The van der Waals surface area contributed by atoms with Crippen LogP contribution >= 0.6 is 0 Å². The molecule has 2 rings (SSSR count). The van der Waals surface area contributed by atoms with E-state index >= 15 is 0 Å². The van der Waals surface area contributed by atoms with Gasteiger partial charge in [-0.3, -0.25) is 4.79 Å². The van der Waals surface area contributed by atoms with Gasteiger partial charge in [-0.2, -0.15) is 5.10 Å². The second-order valence-electron chi connectivity index (χ2n) is 2.94. The molecular weight excluding hydrogens is 206 g/mol. The molecule has 6 heteroatoms. The van der Waals surface area contributed by atoms with E-state index in [1.54, 1.807) is 24.7 Å². The summed E-state index contributed by atoms with van der Waals surface area (Å²) in [5.41, 5.74) is 0.605. The molecule has 2 aromatic rings. The summed E-state index contributed by atoms with van der Waals surface area (Å²) in [5.74, 6) is 0.365. The average Bonchev–Trinajstić information content (AvgIpc) is 2.83. The second-order valence-corrected chi connectivity index (χ2v) is 2.94. The first kappa shape index (κ1) is 10.0. The Kier molecular flexibility index (Phi) is 2.73. The minimum absolute atomic E-state index is 0.268. The molecule has 0 saturated carbocycles. The topological polar surface area (TPSA) is 72.7 Å². The SMILES string of the molecule is C=CC(=O)Nc1ccc(-n2cncn2)nc1. The lowest BCUT2D eigenvalue weighted by Gasteiger charge is -2.02. The lowest BCUT2D eigenvalue weighted by atomic mass is 10.4. The molecule has 1 N–H and O–H groups in total. The summed E-state index contributed by atoms with van der Waals surface area (Å²) in [6.07, 6.45) is 5.71. The fourth-order valence-electron chi connectivity index (χ4n) is 1.12. The van der Waals surface area contributed by atoms with Crippen LogP contribution in [0, 0.1) is 0 Å². The number of nitrogens with zero attached hydrogens (tertiary/aromatic N) is 4. The van der Waals surface area contributed by atoms with Crippen molar-refractivity contribution >= 4 is 11.6 Å². The van der Waals surface area contributed by atoms with Crippen molar-refractivity contribution in [3.05, 3.63) is 43.6 Å². The molecule has 0 aliphatic rings. The molecule has 0 spiro atoms. The van der Waals surface area contributed by atoms with E-state index in [-0.39, 0.29) is 5.91 Å². The van der Waals surface area contributed by atoms with Gasteiger partial charge in [0.1, 0.15) is 12.7 Å². The third-order valence-electron chi connectivity index (χ3n) is 1.85. The Balaban J connectivity index is 2.17. The van der Waals surface area contributed by atoms with E-state index in [1.807, 2.05) is 0 Å². The maximum absolute atomic E-state index is 11.0. The standard InChI is InChI=1S/C10H9N5O/c1-2-10(16)14-8-3-4-9(12-5-8)15-7-11-6-13-15/h2-7H,1H2,(H,14,16). The van der Waals surface area contributed by atoms with Crippen LogP contribution in [-0.2, 0) is 4.79 Å². The summed E-state index contributed by atoms with van der Waals surface area (Å²) < 4.78 is 1.53. The smallest absolute Gasteiger partial charge is 0.247 e. The van der Waals surface area contributed by atoms with E-state index in [0.29, 0.717) is 11.5 Å². The van der Waals surface area contributed by atoms with Crippen LogP contribution in [0.15, 0.2) is 43.6 Å². The van der Waals surface area contributed by atoms with Crippen molar-refractivity contribution in [3.63, 3.8) is 0 Å². The predicted molar refractivity (Wildman–Crippen MR) is 58.0 cm³/mol. The molecular formula is C10H9N5O. The van der Waals surface area contributed by atoms with Gasteiger partial charge in [-0.25, -0.2) is 14.6 Å². The molecule has 0 saturated heterocycles. The minimum atomic E-state index is -0.268. The van der Waals surface area contributed by atoms with Crippen LogP contribution in [0.25, 0.3) is 5.82 Å². The van der Waals surface area contributed by atoms with Crippen LogP contribution in [0.5, 0.6) is 0 Å². The van der Waals surface area contributed by atoms with Gasteiger partial charge in [0.2, 0.25) is 5.91 Å². The Morgan fingerprint density at radius 2 is 2.38 bits per heavy atom. The van der Waals surface area contributed by atoms with Crippen LogP contribution in [0.4, 0.5) is 5.69 Å². The summed E-state index contributed by atoms with van der Waals surface area (Å²) in [7, 11) is 0. The normalized spacial score (nSPS) is 9.75. The fourth-order valence-corrected chi connectivity index (χ4v) is 1.12. The van der Waals surface area contributed by atoms with Gasteiger partial charge in [-0.15, -0.1) is 0 Å². The lowest BCUT2D eigenvalue weighted by Crippen LogP contribution is -2.08. The summed E-state index contributed by atoms with van der Waals surface area (Å²) >= 11 is 0. The molecule has 0 bridgehead atoms. The molecule has 80 valence electrons. The number of carbonyl (C=O) groups is 1. The molecule has 0 aliphatic heterocycles. The van der Waals surface area contributed by atoms with E-state index in [4.69, 9.17) is 0 Å². The van der Waals surface area contributed by atoms with Crippen LogP contribution in [0.3, 0.4) is 0 Å². The fraction of sp³-hybridized carbons (Fsp3) is 0. The predicted octanol–water partition coefficient (Wildman–Crippen LogP) is 0.787. The monoisotopic (exact) mass is 215 g/mol. The number of nitrogens with one attached hydrogen (secondary N) is 1. The van der Waals surface area contributed by atoms with Crippen molar-refractivity contribution in [2.24, 2.45) is 0 Å². The Morgan fingerprint density at radius 1 is 1.50 bits per heavy atom. The highest BCUT2D eigenvalue weighted by Gasteiger charge is 2.00. The molecule has 0 fully saturated rings. The van der Waals surface area contributed by atoms with Crippen molar-refractivity contribution in [3.8, 4) is 5.82 Å². The molecule has 2 aromatic heterocycles. The van der Waals surface area contributed by atoms with Crippen molar-refractivity contribution in [2.45, 2.75) is 0 Å². The molecule has 0 atom stereocenters.